The van der Waals surface area contributed by atoms with Gasteiger partial charge in [-0.1, -0.05) is 75.4 Å². The Bertz CT molecular complexity index is 2630. The van der Waals surface area contributed by atoms with Crippen LogP contribution >= 0.6 is 0 Å². The average Bonchev–Trinajstić information content (AvgIpc) is 3.43. The Morgan fingerprint density at radius 1 is 0.583 bits per heavy atom. The van der Waals surface area contributed by atoms with Crippen LogP contribution in [0.2, 0.25) is 0 Å². The zero-order valence-corrected chi connectivity index (χ0v) is 26.9. The molecule has 0 spiro atoms. The van der Waals surface area contributed by atoms with Gasteiger partial charge in [-0.15, -0.1) is 0 Å². The summed E-state index contributed by atoms with van der Waals surface area (Å²) in [6.07, 6.45) is 3.82. The second-order valence-corrected chi connectivity index (χ2v) is 13.9. The molecule has 2 aliphatic rings. The van der Waals surface area contributed by atoms with Crippen LogP contribution in [0.15, 0.2) is 128 Å². The number of para-hydroxylation sites is 1. The fraction of sp³-hybridized carbons (Fsp3) is 0.0952. The molecule has 0 unspecified atom stereocenters. The molecule has 48 heavy (non-hydrogen) atoms. The maximum absolute atomic E-state index is 6.73. The summed E-state index contributed by atoms with van der Waals surface area (Å²) in [5, 5.41) is 4.59. The number of aromatic nitrogens is 3. The molecule has 5 heterocycles. The van der Waals surface area contributed by atoms with Crippen molar-refractivity contribution in [3.8, 4) is 40.1 Å². The lowest BCUT2D eigenvalue weighted by Gasteiger charge is -2.33. The molecule has 0 amide bonds. The van der Waals surface area contributed by atoms with Crippen LogP contribution in [-0.4, -0.2) is 21.2 Å². The highest BCUT2D eigenvalue weighted by Gasteiger charge is 2.41. The minimum Gasteiger partial charge on any atom is -0.458 e. The van der Waals surface area contributed by atoms with E-state index in [0.29, 0.717) is 0 Å². The number of rotatable bonds is 2. The summed E-state index contributed by atoms with van der Waals surface area (Å²) in [5.41, 5.74) is 8.71. The van der Waals surface area contributed by atoms with Crippen LogP contribution in [0.3, 0.4) is 0 Å². The fourth-order valence-electron chi connectivity index (χ4n) is 7.65. The van der Waals surface area contributed by atoms with Gasteiger partial charge in [-0.25, -0.2) is 4.98 Å². The summed E-state index contributed by atoms with van der Waals surface area (Å²) in [6, 6.07) is 40.5. The van der Waals surface area contributed by atoms with Gasteiger partial charge in [0.05, 0.1) is 16.7 Å². The first-order chi connectivity index (χ1) is 23.4. The van der Waals surface area contributed by atoms with E-state index in [-0.39, 0.29) is 12.1 Å². The summed E-state index contributed by atoms with van der Waals surface area (Å²) in [7, 11) is 0. The quantitative estimate of drug-likeness (QED) is 0.182. The van der Waals surface area contributed by atoms with E-state index in [9.17, 15) is 0 Å². The number of hydrogen-bond acceptors (Lipinski definition) is 4. The minimum atomic E-state index is -0.0941. The molecule has 5 aromatic carbocycles. The number of benzene rings is 5. The molecule has 8 aromatic rings. The Hall–Kier alpha value is -5.88. The third-order valence-corrected chi connectivity index (χ3v) is 9.98. The van der Waals surface area contributed by atoms with Gasteiger partial charge in [0.2, 0.25) is 0 Å². The SMILES string of the molecule is CC(C)(C)c1ccnc(-n2c3ccccc3c3cc4c(cc32)B2c3cc(-c5nccc6ccccc56)ccc3Oc3cccc(c32)O4)c1. The highest BCUT2D eigenvalue weighted by atomic mass is 16.5. The second-order valence-electron chi connectivity index (χ2n) is 13.9. The van der Waals surface area contributed by atoms with E-state index in [1.54, 1.807) is 0 Å². The Kier molecular flexibility index (Phi) is 5.57. The molecule has 2 aliphatic heterocycles. The highest BCUT2D eigenvalue weighted by molar-refractivity contribution is 6.98. The molecule has 6 heteroatoms. The van der Waals surface area contributed by atoms with Crippen molar-refractivity contribution in [2.75, 3.05) is 0 Å². The van der Waals surface area contributed by atoms with Gasteiger partial charge in [0.15, 0.2) is 0 Å². The molecule has 228 valence electrons. The molecule has 0 fully saturated rings. The van der Waals surface area contributed by atoms with Crippen LogP contribution < -0.4 is 25.9 Å². The average molecular weight is 620 g/mol. The van der Waals surface area contributed by atoms with Gasteiger partial charge in [0.25, 0.3) is 6.71 Å². The normalized spacial score (nSPS) is 13.2. The molecule has 0 bridgehead atoms. The van der Waals surface area contributed by atoms with E-state index in [1.807, 2.05) is 24.5 Å². The third-order valence-electron chi connectivity index (χ3n) is 9.98. The fourth-order valence-corrected chi connectivity index (χ4v) is 7.65. The molecule has 0 atom stereocenters. The summed E-state index contributed by atoms with van der Waals surface area (Å²) in [6.45, 7) is 6.63. The lowest BCUT2D eigenvalue weighted by atomic mass is 9.34. The largest absolute Gasteiger partial charge is 0.458 e. The van der Waals surface area contributed by atoms with E-state index in [2.05, 4.69) is 128 Å². The highest BCUT2D eigenvalue weighted by Crippen LogP contribution is 2.40. The van der Waals surface area contributed by atoms with Crippen LogP contribution in [0.25, 0.3) is 49.7 Å². The molecule has 5 nitrogen and oxygen atoms in total. The van der Waals surface area contributed by atoms with Crippen molar-refractivity contribution in [1.82, 2.24) is 14.5 Å². The summed E-state index contributed by atoms with van der Waals surface area (Å²) >= 11 is 0. The molecule has 3 aromatic heterocycles. The molecule has 0 N–H and O–H groups in total. The van der Waals surface area contributed by atoms with Crippen LogP contribution in [0.5, 0.6) is 23.0 Å². The predicted molar refractivity (Wildman–Crippen MR) is 196 cm³/mol. The summed E-state index contributed by atoms with van der Waals surface area (Å²) < 4.78 is 15.6. The Labute approximate surface area is 278 Å². The molecule has 10 rings (SSSR count). The maximum Gasteiger partial charge on any atom is 0.260 e. The zero-order chi connectivity index (χ0) is 32.1. The van der Waals surface area contributed by atoms with Gasteiger partial charge >= 0.3 is 0 Å². The first-order valence-electron chi connectivity index (χ1n) is 16.4. The molecular weight excluding hydrogens is 589 g/mol. The van der Waals surface area contributed by atoms with Gasteiger partial charge < -0.3 is 9.47 Å². The Morgan fingerprint density at radius 2 is 1.33 bits per heavy atom. The van der Waals surface area contributed by atoms with E-state index in [0.717, 1.165) is 83.7 Å². The van der Waals surface area contributed by atoms with Crippen molar-refractivity contribution in [1.29, 1.82) is 0 Å². The van der Waals surface area contributed by atoms with Gasteiger partial charge in [-0.3, -0.25) is 9.55 Å². The second kappa shape index (κ2) is 9.82. The van der Waals surface area contributed by atoms with Crippen molar-refractivity contribution < 1.29 is 9.47 Å². The Morgan fingerprint density at radius 3 is 2.19 bits per heavy atom. The van der Waals surface area contributed by atoms with Crippen LogP contribution in [0, 0.1) is 0 Å². The Balaban J connectivity index is 1.24. The van der Waals surface area contributed by atoms with E-state index in [4.69, 9.17) is 19.4 Å². The van der Waals surface area contributed by atoms with Crippen molar-refractivity contribution >= 4 is 55.7 Å². The molecular formula is C42H30BN3O2. The van der Waals surface area contributed by atoms with Gasteiger partial charge in [-0.2, -0.15) is 0 Å². The van der Waals surface area contributed by atoms with Crippen LogP contribution in [0.4, 0.5) is 0 Å². The smallest absolute Gasteiger partial charge is 0.260 e. The molecule has 0 saturated heterocycles. The van der Waals surface area contributed by atoms with Gasteiger partial charge in [0.1, 0.15) is 28.8 Å². The summed E-state index contributed by atoms with van der Waals surface area (Å²) in [5.74, 6) is 4.27. The van der Waals surface area contributed by atoms with Crippen molar-refractivity contribution in [3.63, 3.8) is 0 Å². The lowest BCUT2D eigenvalue weighted by molar-refractivity contribution is 0.465. The van der Waals surface area contributed by atoms with E-state index >= 15 is 0 Å². The number of hydrogen-bond donors (Lipinski definition) is 0. The zero-order valence-electron chi connectivity index (χ0n) is 26.9. The van der Waals surface area contributed by atoms with Crippen molar-refractivity contribution in [2.45, 2.75) is 26.2 Å². The van der Waals surface area contributed by atoms with E-state index in [1.165, 1.54) is 10.9 Å². The van der Waals surface area contributed by atoms with Gasteiger partial charge in [-0.05, 0) is 88.0 Å². The number of ether oxygens (including phenoxy) is 2. The number of fused-ring (bicyclic) bond motifs is 8. The van der Waals surface area contributed by atoms with Crippen molar-refractivity contribution in [3.05, 3.63) is 133 Å². The van der Waals surface area contributed by atoms with Gasteiger partial charge in [0, 0.05) is 39.6 Å². The maximum atomic E-state index is 6.73. The third kappa shape index (κ3) is 3.92. The lowest BCUT2D eigenvalue weighted by Crippen LogP contribution is -2.57. The number of pyridine rings is 2. The topological polar surface area (TPSA) is 49.2 Å². The first-order valence-corrected chi connectivity index (χ1v) is 16.4. The van der Waals surface area contributed by atoms with Crippen molar-refractivity contribution in [2.24, 2.45) is 0 Å². The van der Waals surface area contributed by atoms with Crippen LogP contribution in [-0.2, 0) is 5.41 Å². The summed E-state index contributed by atoms with van der Waals surface area (Å²) in [4.78, 5) is 9.77. The molecule has 0 saturated carbocycles. The minimum absolute atomic E-state index is 0.00792. The number of nitrogens with zero attached hydrogens (tertiary/aromatic N) is 3. The monoisotopic (exact) mass is 619 g/mol. The standard InChI is InChI=1S/C42H30BN3O2/c1-42(2,3)27-18-20-44-39(22-27)46-33-12-7-6-11-29(33)30-23-38-32(24-34(30)46)43-31-21-26(41-28-10-5-4-9-25(28)17-19-45-41)15-16-35(31)47-36-13-8-14-37(48-38)40(36)43/h4-24H,1-3H3. The van der Waals surface area contributed by atoms with Crippen LogP contribution in [0.1, 0.15) is 26.3 Å². The molecule has 0 radical (unpaired) electrons. The first kappa shape index (κ1) is 27.3. The van der Waals surface area contributed by atoms with E-state index < -0.39 is 0 Å². The molecule has 0 aliphatic carbocycles. The predicted octanol–water partition coefficient (Wildman–Crippen LogP) is 8.42.